The van der Waals surface area contributed by atoms with Crippen molar-refractivity contribution in [2.75, 3.05) is 0 Å². The summed E-state index contributed by atoms with van der Waals surface area (Å²) in [6, 6.07) is 5.95. The maximum atomic E-state index is 12.4. The maximum absolute atomic E-state index is 12.4. The second kappa shape index (κ2) is 7.98. The zero-order valence-corrected chi connectivity index (χ0v) is 17.0. The standard InChI is InChI=1S/C18H21N3O3S2/c1-10(2)18(5,9-19)21-15(22)12(4)24-17(23)14-11(3)20-16(26-14)13-7-6-8-25-13/h6-8,10,12H,1-5H3,(H,21,22). The topological polar surface area (TPSA) is 92.1 Å². The van der Waals surface area contributed by atoms with Crippen molar-refractivity contribution in [1.82, 2.24) is 10.3 Å². The third-order valence-electron chi connectivity index (χ3n) is 4.14. The van der Waals surface area contributed by atoms with Crippen molar-refractivity contribution in [3.05, 3.63) is 28.1 Å². The molecule has 1 amide bonds. The molecule has 2 rings (SSSR count). The van der Waals surface area contributed by atoms with Gasteiger partial charge in [0.05, 0.1) is 16.6 Å². The zero-order chi connectivity index (χ0) is 19.5. The third kappa shape index (κ3) is 4.29. The number of rotatable bonds is 6. The van der Waals surface area contributed by atoms with Crippen LogP contribution in [0.3, 0.4) is 0 Å². The van der Waals surface area contributed by atoms with Gasteiger partial charge in [0.15, 0.2) is 6.10 Å². The van der Waals surface area contributed by atoms with Crippen LogP contribution in [-0.4, -0.2) is 28.5 Å². The van der Waals surface area contributed by atoms with E-state index in [2.05, 4.69) is 16.4 Å². The van der Waals surface area contributed by atoms with E-state index in [-0.39, 0.29) is 5.92 Å². The molecule has 8 heteroatoms. The molecular formula is C18H21N3O3S2. The Hall–Kier alpha value is -2.24. The van der Waals surface area contributed by atoms with Gasteiger partial charge in [0.25, 0.3) is 5.91 Å². The third-order valence-corrected chi connectivity index (χ3v) is 6.31. The molecule has 26 heavy (non-hydrogen) atoms. The highest BCUT2D eigenvalue weighted by Crippen LogP contribution is 2.31. The first-order valence-corrected chi connectivity index (χ1v) is 9.83. The summed E-state index contributed by atoms with van der Waals surface area (Å²) in [5.74, 6) is -1.18. The number of ether oxygens (including phenoxy) is 1. The molecule has 0 saturated carbocycles. The van der Waals surface area contributed by atoms with E-state index in [1.807, 2.05) is 31.4 Å². The maximum Gasteiger partial charge on any atom is 0.351 e. The first kappa shape index (κ1) is 20.1. The Balaban J connectivity index is 2.08. The largest absolute Gasteiger partial charge is 0.448 e. The number of amides is 1. The molecule has 0 aliphatic carbocycles. The summed E-state index contributed by atoms with van der Waals surface area (Å²) in [6.07, 6.45) is -1.01. The highest BCUT2D eigenvalue weighted by molar-refractivity contribution is 7.22. The van der Waals surface area contributed by atoms with E-state index < -0.39 is 23.5 Å². The SMILES string of the molecule is Cc1nc(-c2cccs2)sc1C(=O)OC(C)C(=O)NC(C)(C#N)C(C)C. The molecule has 2 atom stereocenters. The number of carbonyl (C=O) groups excluding carboxylic acids is 2. The van der Waals surface area contributed by atoms with Gasteiger partial charge in [0.2, 0.25) is 0 Å². The molecule has 138 valence electrons. The lowest BCUT2D eigenvalue weighted by molar-refractivity contribution is -0.130. The quantitative estimate of drug-likeness (QED) is 0.757. The Kier molecular flexibility index (Phi) is 6.16. The number of hydrogen-bond acceptors (Lipinski definition) is 7. The van der Waals surface area contributed by atoms with Gasteiger partial charge in [-0.05, 0) is 38.1 Å². The van der Waals surface area contributed by atoms with Gasteiger partial charge >= 0.3 is 5.97 Å². The normalized spacial score (nSPS) is 14.3. The van der Waals surface area contributed by atoms with Gasteiger partial charge in [-0.3, -0.25) is 4.79 Å². The monoisotopic (exact) mass is 391 g/mol. The van der Waals surface area contributed by atoms with E-state index in [1.54, 1.807) is 25.2 Å². The molecule has 2 unspecified atom stereocenters. The Morgan fingerprint density at radius 2 is 2.08 bits per heavy atom. The minimum Gasteiger partial charge on any atom is -0.448 e. The fraction of sp³-hybridized carbons (Fsp3) is 0.444. The van der Waals surface area contributed by atoms with Crippen molar-refractivity contribution < 1.29 is 14.3 Å². The average Bonchev–Trinajstić information content (AvgIpc) is 3.23. The number of esters is 1. The van der Waals surface area contributed by atoms with Crippen molar-refractivity contribution in [3.8, 4) is 16.0 Å². The fourth-order valence-electron chi connectivity index (χ4n) is 2.02. The summed E-state index contributed by atoms with van der Waals surface area (Å²) in [7, 11) is 0. The number of carbonyl (C=O) groups is 2. The van der Waals surface area contributed by atoms with Crippen LogP contribution in [0.15, 0.2) is 17.5 Å². The molecule has 6 nitrogen and oxygen atoms in total. The summed E-state index contributed by atoms with van der Waals surface area (Å²) >= 11 is 2.78. The smallest absolute Gasteiger partial charge is 0.351 e. The number of thiophene rings is 1. The summed E-state index contributed by atoms with van der Waals surface area (Å²) < 4.78 is 5.29. The number of aromatic nitrogens is 1. The van der Waals surface area contributed by atoms with Crippen molar-refractivity contribution >= 4 is 34.6 Å². The predicted molar refractivity (Wildman–Crippen MR) is 102 cm³/mol. The van der Waals surface area contributed by atoms with Crippen LogP contribution in [0.4, 0.5) is 0 Å². The minimum atomic E-state index is -1.02. The number of thiazole rings is 1. The summed E-state index contributed by atoms with van der Waals surface area (Å²) in [4.78, 5) is 30.5. The summed E-state index contributed by atoms with van der Waals surface area (Å²) in [5, 5.41) is 14.6. The lowest BCUT2D eigenvalue weighted by atomic mass is 9.90. The molecule has 1 N–H and O–H groups in total. The van der Waals surface area contributed by atoms with Crippen LogP contribution >= 0.6 is 22.7 Å². The average molecular weight is 392 g/mol. The molecule has 0 aromatic carbocycles. The van der Waals surface area contributed by atoms with Crippen LogP contribution in [-0.2, 0) is 9.53 Å². The van der Waals surface area contributed by atoms with Crippen LogP contribution in [0.5, 0.6) is 0 Å². The van der Waals surface area contributed by atoms with Crippen LogP contribution in [0, 0.1) is 24.2 Å². The van der Waals surface area contributed by atoms with Crippen molar-refractivity contribution in [2.45, 2.75) is 46.3 Å². The molecule has 0 aliphatic rings. The van der Waals surface area contributed by atoms with Crippen LogP contribution in [0.1, 0.15) is 43.1 Å². The first-order chi connectivity index (χ1) is 12.2. The molecule has 0 saturated heterocycles. The molecule has 0 spiro atoms. The van der Waals surface area contributed by atoms with E-state index in [1.165, 1.54) is 18.3 Å². The molecule has 0 radical (unpaired) electrons. The number of hydrogen-bond donors (Lipinski definition) is 1. The zero-order valence-electron chi connectivity index (χ0n) is 15.3. The molecular weight excluding hydrogens is 370 g/mol. The van der Waals surface area contributed by atoms with Gasteiger partial charge in [-0.1, -0.05) is 19.9 Å². The van der Waals surface area contributed by atoms with E-state index in [9.17, 15) is 14.9 Å². The Morgan fingerprint density at radius 3 is 2.62 bits per heavy atom. The Morgan fingerprint density at radius 1 is 1.38 bits per heavy atom. The summed E-state index contributed by atoms with van der Waals surface area (Å²) in [5.41, 5.74) is -0.454. The van der Waals surface area contributed by atoms with Gasteiger partial charge in [-0.15, -0.1) is 22.7 Å². The van der Waals surface area contributed by atoms with Crippen molar-refractivity contribution in [3.63, 3.8) is 0 Å². The van der Waals surface area contributed by atoms with Crippen molar-refractivity contribution in [1.29, 1.82) is 5.26 Å². The van der Waals surface area contributed by atoms with Gasteiger partial charge in [0.1, 0.15) is 15.4 Å². The first-order valence-electron chi connectivity index (χ1n) is 8.13. The Bertz CT molecular complexity index is 836. The summed E-state index contributed by atoms with van der Waals surface area (Å²) in [6.45, 7) is 8.55. The molecule has 0 bridgehead atoms. The van der Waals surface area contributed by atoms with E-state index in [4.69, 9.17) is 4.74 Å². The highest BCUT2D eigenvalue weighted by atomic mass is 32.1. The minimum absolute atomic E-state index is 0.0866. The second-order valence-electron chi connectivity index (χ2n) is 6.42. The predicted octanol–water partition coefficient (Wildman–Crippen LogP) is 3.78. The molecule has 2 aromatic heterocycles. The van der Waals surface area contributed by atoms with Crippen LogP contribution in [0.2, 0.25) is 0 Å². The Labute approximate surface area is 160 Å². The fourth-order valence-corrected chi connectivity index (χ4v) is 3.76. The van der Waals surface area contributed by atoms with Crippen LogP contribution < -0.4 is 5.32 Å². The highest BCUT2D eigenvalue weighted by Gasteiger charge is 2.33. The number of nitrogens with zero attached hydrogens (tertiary/aromatic N) is 2. The van der Waals surface area contributed by atoms with Gasteiger partial charge in [-0.25, -0.2) is 9.78 Å². The van der Waals surface area contributed by atoms with Gasteiger partial charge in [-0.2, -0.15) is 5.26 Å². The number of nitrogens with one attached hydrogen (secondary N) is 1. The molecule has 0 aliphatic heterocycles. The number of nitriles is 1. The van der Waals surface area contributed by atoms with Gasteiger partial charge < -0.3 is 10.1 Å². The lowest BCUT2D eigenvalue weighted by Crippen LogP contribution is -2.52. The second-order valence-corrected chi connectivity index (χ2v) is 8.36. The van der Waals surface area contributed by atoms with E-state index in [0.29, 0.717) is 10.6 Å². The van der Waals surface area contributed by atoms with Gasteiger partial charge in [0, 0.05) is 0 Å². The number of aryl methyl sites for hydroxylation is 1. The van der Waals surface area contributed by atoms with Crippen molar-refractivity contribution in [2.24, 2.45) is 5.92 Å². The molecule has 2 aromatic rings. The van der Waals surface area contributed by atoms with E-state index in [0.717, 1.165) is 9.88 Å². The van der Waals surface area contributed by atoms with Crippen LogP contribution in [0.25, 0.3) is 9.88 Å². The van der Waals surface area contributed by atoms with E-state index >= 15 is 0 Å². The molecule has 0 fully saturated rings. The molecule has 2 heterocycles. The lowest BCUT2D eigenvalue weighted by Gasteiger charge is -2.28.